The van der Waals surface area contributed by atoms with Crippen molar-refractivity contribution in [3.63, 3.8) is 0 Å². The molecule has 66 valence electrons. The second kappa shape index (κ2) is 4.69. The predicted molar refractivity (Wildman–Crippen MR) is 40.1 cm³/mol. The molecule has 0 aliphatic heterocycles. The minimum Gasteiger partial charge on any atom is -0.352 e. The van der Waals surface area contributed by atoms with Crippen LogP contribution in [0.3, 0.4) is 0 Å². The summed E-state index contributed by atoms with van der Waals surface area (Å²) in [4.78, 5) is 8.77. The molecule has 0 aromatic heterocycles. The fourth-order valence-electron chi connectivity index (χ4n) is 0. The quantitative estimate of drug-likeness (QED) is 0.470. The molecule has 0 spiro atoms. The van der Waals surface area contributed by atoms with Gasteiger partial charge in [0.25, 0.3) is 10.1 Å². The SMILES string of the molecule is C=C(C)S(=O)(=O)O.NC(N)=O. The van der Waals surface area contributed by atoms with Gasteiger partial charge in [-0.15, -0.1) is 0 Å². The first-order chi connectivity index (χ1) is 4.68. The number of allylic oxidation sites excluding steroid dienone is 1. The number of hydrogen-bond acceptors (Lipinski definition) is 3. The third kappa shape index (κ3) is 17.6. The number of carbonyl (C=O) groups excluding carboxylic acids is 1. The Bertz CT molecular complexity index is 239. The van der Waals surface area contributed by atoms with Crippen LogP contribution in [-0.4, -0.2) is 19.0 Å². The van der Waals surface area contributed by atoms with E-state index in [9.17, 15) is 8.42 Å². The molecule has 0 aromatic carbocycles. The lowest BCUT2D eigenvalue weighted by molar-refractivity contribution is 0.256. The Morgan fingerprint density at radius 1 is 1.45 bits per heavy atom. The van der Waals surface area contributed by atoms with E-state index in [0.717, 1.165) is 0 Å². The highest BCUT2D eigenvalue weighted by molar-refractivity contribution is 7.89. The van der Waals surface area contributed by atoms with Gasteiger partial charge in [-0.2, -0.15) is 8.42 Å². The average Bonchev–Trinajstić information content (AvgIpc) is 1.59. The smallest absolute Gasteiger partial charge is 0.309 e. The molecule has 0 saturated heterocycles. The predicted octanol–water partition coefficient (Wildman–Crippen LogP) is -0.568. The van der Waals surface area contributed by atoms with E-state index < -0.39 is 16.1 Å². The summed E-state index contributed by atoms with van der Waals surface area (Å²) < 4.78 is 27.5. The molecule has 0 aromatic rings. The molecule has 0 fully saturated rings. The van der Waals surface area contributed by atoms with Gasteiger partial charge in [-0.1, -0.05) is 6.58 Å². The van der Waals surface area contributed by atoms with E-state index in [4.69, 9.17) is 9.35 Å². The molecule has 0 rings (SSSR count). The minimum atomic E-state index is -3.94. The number of hydrogen-bond donors (Lipinski definition) is 3. The minimum absolute atomic E-state index is 0.229. The van der Waals surface area contributed by atoms with Crippen LogP contribution >= 0.6 is 0 Å². The lowest BCUT2D eigenvalue weighted by Gasteiger charge is -1.86. The van der Waals surface area contributed by atoms with Crippen molar-refractivity contribution in [3.05, 3.63) is 11.5 Å². The number of carbonyl (C=O) groups is 1. The maximum atomic E-state index is 9.79. The van der Waals surface area contributed by atoms with Gasteiger partial charge in [0.15, 0.2) is 0 Å². The largest absolute Gasteiger partial charge is 0.352 e. The van der Waals surface area contributed by atoms with Crippen LogP contribution in [0.4, 0.5) is 4.79 Å². The summed E-state index contributed by atoms with van der Waals surface area (Å²) in [7, 11) is -3.94. The summed E-state index contributed by atoms with van der Waals surface area (Å²) in [6, 6.07) is -0.833. The highest BCUT2D eigenvalue weighted by Crippen LogP contribution is 1.94. The van der Waals surface area contributed by atoms with Gasteiger partial charge < -0.3 is 11.5 Å². The Hall–Kier alpha value is -1.08. The summed E-state index contributed by atoms with van der Waals surface area (Å²) in [6.45, 7) is 4.21. The molecule has 11 heavy (non-hydrogen) atoms. The second-order valence-corrected chi connectivity index (χ2v) is 3.23. The lowest BCUT2D eigenvalue weighted by Crippen LogP contribution is -2.18. The van der Waals surface area contributed by atoms with Gasteiger partial charge in [0, 0.05) is 0 Å². The molecule has 0 bridgehead atoms. The molecule has 2 amide bonds. The zero-order valence-corrected chi connectivity index (χ0v) is 6.76. The molecule has 5 N–H and O–H groups in total. The zero-order chi connectivity index (χ0) is 9.65. The molecular weight excluding hydrogens is 172 g/mol. The maximum Gasteiger partial charge on any atom is 0.309 e. The van der Waals surface area contributed by atoms with Gasteiger partial charge in [-0.25, -0.2) is 4.79 Å². The first-order valence-electron chi connectivity index (χ1n) is 2.36. The molecule has 0 aliphatic rings. The van der Waals surface area contributed by atoms with Crippen LogP contribution in [-0.2, 0) is 10.1 Å². The molecule has 0 aliphatic carbocycles. The van der Waals surface area contributed by atoms with Gasteiger partial charge in [0.1, 0.15) is 0 Å². The topological polar surface area (TPSA) is 123 Å². The number of amides is 2. The van der Waals surface area contributed by atoms with E-state index >= 15 is 0 Å². The van der Waals surface area contributed by atoms with E-state index in [-0.39, 0.29) is 4.91 Å². The van der Waals surface area contributed by atoms with Crippen LogP contribution in [0.1, 0.15) is 6.92 Å². The first kappa shape index (κ1) is 12.6. The van der Waals surface area contributed by atoms with Gasteiger partial charge >= 0.3 is 6.03 Å². The average molecular weight is 182 g/mol. The highest BCUT2D eigenvalue weighted by Gasteiger charge is 2.01. The van der Waals surface area contributed by atoms with E-state index in [1.165, 1.54) is 6.92 Å². The van der Waals surface area contributed by atoms with E-state index in [1.54, 1.807) is 0 Å². The van der Waals surface area contributed by atoms with Crippen LogP contribution in [0.2, 0.25) is 0 Å². The van der Waals surface area contributed by atoms with Crippen LogP contribution < -0.4 is 11.5 Å². The Morgan fingerprint density at radius 2 is 1.55 bits per heavy atom. The van der Waals surface area contributed by atoms with Crippen molar-refractivity contribution in [1.82, 2.24) is 0 Å². The van der Waals surface area contributed by atoms with Crippen molar-refractivity contribution in [3.8, 4) is 0 Å². The van der Waals surface area contributed by atoms with Crippen molar-refractivity contribution in [2.24, 2.45) is 11.5 Å². The number of rotatable bonds is 1. The first-order valence-corrected chi connectivity index (χ1v) is 3.80. The van der Waals surface area contributed by atoms with Crippen LogP contribution in [0.25, 0.3) is 0 Å². The van der Waals surface area contributed by atoms with Gasteiger partial charge in [0.2, 0.25) is 0 Å². The number of primary amides is 2. The Balaban J connectivity index is 0. The summed E-state index contributed by atoms with van der Waals surface area (Å²) in [5.74, 6) is 0. The summed E-state index contributed by atoms with van der Waals surface area (Å²) >= 11 is 0. The molecular formula is C4H10N2O4S. The van der Waals surface area contributed by atoms with E-state index in [0.29, 0.717) is 0 Å². The van der Waals surface area contributed by atoms with Crippen LogP contribution in [0, 0.1) is 0 Å². The molecule has 6 nitrogen and oxygen atoms in total. The maximum absolute atomic E-state index is 9.79. The van der Waals surface area contributed by atoms with Gasteiger partial charge in [-0.3, -0.25) is 4.55 Å². The summed E-state index contributed by atoms with van der Waals surface area (Å²) in [5, 5.41) is 0. The molecule has 0 unspecified atom stereocenters. The fraction of sp³-hybridized carbons (Fsp3) is 0.250. The van der Waals surface area contributed by atoms with E-state index in [2.05, 4.69) is 18.0 Å². The molecule has 0 atom stereocenters. The van der Waals surface area contributed by atoms with Crippen molar-refractivity contribution in [2.45, 2.75) is 6.92 Å². The van der Waals surface area contributed by atoms with Gasteiger partial charge in [-0.05, 0) is 6.92 Å². The number of urea groups is 1. The number of nitrogens with two attached hydrogens (primary N) is 2. The van der Waals surface area contributed by atoms with Crippen molar-refractivity contribution in [2.75, 3.05) is 0 Å². The third-order valence-corrected chi connectivity index (χ3v) is 1.32. The second-order valence-electron chi connectivity index (χ2n) is 1.58. The van der Waals surface area contributed by atoms with Crippen LogP contribution in [0.15, 0.2) is 11.5 Å². The summed E-state index contributed by atoms with van der Waals surface area (Å²) in [5.41, 5.74) is 8.50. The zero-order valence-electron chi connectivity index (χ0n) is 5.94. The third-order valence-electron chi connectivity index (χ3n) is 0.440. The van der Waals surface area contributed by atoms with Crippen LogP contribution in [0.5, 0.6) is 0 Å². The van der Waals surface area contributed by atoms with Gasteiger partial charge in [0.05, 0.1) is 4.91 Å². The van der Waals surface area contributed by atoms with Crippen molar-refractivity contribution < 1.29 is 17.8 Å². The Kier molecular flexibility index (Phi) is 5.37. The Morgan fingerprint density at radius 3 is 1.55 bits per heavy atom. The standard InChI is InChI=1S/C3H6O3S.CH4N2O/c1-3(2)7(4,5)6;2-1(3)4/h1H2,2H3,(H,4,5,6);(H4,2,3,4). The lowest BCUT2D eigenvalue weighted by atomic mass is 10.8. The normalized spacial score (nSPS) is 9.27. The molecule has 0 heterocycles. The molecule has 7 heteroatoms. The van der Waals surface area contributed by atoms with E-state index in [1.807, 2.05) is 0 Å². The Labute approximate surface area is 64.6 Å². The highest BCUT2D eigenvalue weighted by atomic mass is 32.2. The molecule has 0 saturated carbocycles. The monoisotopic (exact) mass is 182 g/mol. The summed E-state index contributed by atoms with van der Waals surface area (Å²) in [6.07, 6.45) is 0. The van der Waals surface area contributed by atoms with Crippen molar-refractivity contribution >= 4 is 16.1 Å². The fourth-order valence-corrected chi connectivity index (χ4v) is 0. The van der Waals surface area contributed by atoms with Crippen molar-refractivity contribution in [1.29, 1.82) is 0 Å². The molecule has 0 radical (unpaired) electrons.